The molecule has 0 N–H and O–H groups in total. The van der Waals surface area contributed by atoms with Crippen LogP contribution in [0.5, 0.6) is 0 Å². The van der Waals surface area contributed by atoms with E-state index in [-0.39, 0.29) is 10.6 Å². The maximum Gasteiger partial charge on any atom is 0.273 e. The summed E-state index contributed by atoms with van der Waals surface area (Å²) < 4.78 is 1.57. The highest BCUT2D eigenvalue weighted by molar-refractivity contribution is 6.30. The van der Waals surface area contributed by atoms with Crippen LogP contribution in [0.2, 0.25) is 5.02 Å². The first-order chi connectivity index (χ1) is 11.2. The van der Waals surface area contributed by atoms with Crippen LogP contribution >= 0.6 is 11.6 Å². The van der Waals surface area contributed by atoms with Crippen LogP contribution in [0.15, 0.2) is 35.3 Å². The second-order valence-corrected chi connectivity index (χ2v) is 6.02. The Hall–Kier alpha value is -2.32. The summed E-state index contributed by atoms with van der Waals surface area (Å²) in [7, 11) is 0. The van der Waals surface area contributed by atoms with Gasteiger partial charge in [-0.3, -0.25) is 9.36 Å². The monoisotopic (exact) mass is 328 g/mol. The number of benzene rings is 1. The third-order valence-corrected chi connectivity index (χ3v) is 4.35. The number of hydrogen-bond acceptors (Lipinski definition) is 4. The van der Waals surface area contributed by atoms with Crippen molar-refractivity contribution in [1.82, 2.24) is 9.55 Å². The fraction of sp³-hybridized carbons (Fsp3) is 0.353. The van der Waals surface area contributed by atoms with E-state index >= 15 is 0 Å². The Morgan fingerprint density at radius 2 is 1.96 bits per heavy atom. The topological polar surface area (TPSA) is 61.9 Å². The summed E-state index contributed by atoms with van der Waals surface area (Å²) in [5.74, 6) is 0.631. The molecule has 1 aromatic heterocycles. The van der Waals surface area contributed by atoms with Crippen molar-refractivity contribution in [2.45, 2.75) is 25.8 Å². The van der Waals surface area contributed by atoms with E-state index in [1.165, 1.54) is 12.6 Å². The fourth-order valence-corrected chi connectivity index (χ4v) is 3.04. The highest BCUT2D eigenvalue weighted by Gasteiger charge is 2.19. The number of hydrogen-bond donors (Lipinski definition) is 0. The van der Waals surface area contributed by atoms with Gasteiger partial charge in [0.25, 0.3) is 5.56 Å². The lowest BCUT2D eigenvalue weighted by Gasteiger charge is -2.29. The third-order valence-electron chi connectivity index (χ3n) is 4.09. The Morgan fingerprint density at radius 3 is 2.70 bits per heavy atom. The Balaban J connectivity index is 2.05. The summed E-state index contributed by atoms with van der Waals surface area (Å²) in [6, 6.07) is 9.44. The maximum atomic E-state index is 12.5. The molecule has 6 heteroatoms. The molecule has 0 radical (unpaired) electrons. The summed E-state index contributed by atoms with van der Waals surface area (Å²) in [6.07, 6.45) is 4.80. The molecule has 0 atom stereocenters. The highest BCUT2D eigenvalue weighted by Crippen LogP contribution is 2.19. The van der Waals surface area contributed by atoms with Gasteiger partial charge in [-0.05, 0) is 30.9 Å². The highest BCUT2D eigenvalue weighted by atomic mass is 35.5. The molecule has 3 rings (SSSR count). The molecule has 2 aromatic rings. The van der Waals surface area contributed by atoms with Crippen LogP contribution in [0, 0.1) is 11.3 Å². The van der Waals surface area contributed by atoms with E-state index in [0.29, 0.717) is 18.1 Å². The van der Waals surface area contributed by atoms with Crippen molar-refractivity contribution in [2.75, 3.05) is 18.0 Å². The third kappa shape index (κ3) is 3.22. The van der Waals surface area contributed by atoms with Crippen molar-refractivity contribution in [2.24, 2.45) is 0 Å². The van der Waals surface area contributed by atoms with Crippen LogP contribution in [-0.2, 0) is 6.54 Å². The number of nitriles is 1. The van der Waals surface area contributed by atoms with Crippen LogP contribution < -0.4 is 10.5 Å². The minimum absolute atomic E-state index is 0.0974. The smallest absolute Gasteiger partial charge is 0.273 e. The molecule has 0 spiro atoms. The maximum absolute atomic E-state index is 12.5. The molecule has 0 amide bonds. The summed E-state index contributed by atoms with van der Waals surface area (Å²) in [5.41, 5.74) is 1.08. The van der Waals surface area contributed by atoms with Crippen LogP contribution in [0.25, 0.3) is 0 Å². The zero-order valence-electron chi connectivity index (χ0n) is 12.7. The van der Waals surface area contributed by atoms with Gasteiger partial charge in [0.1, 0.15) is 5.02 Å². The van der Waals surface area contributed by atoms with Gasteiger partial charge in [0, 0.05) is 13.1 Å². The van der Waals surface area contributed by atoms with Crippen LogP contribution in [0.4, 0.5) is 5.95 Å². The van der Waals surface area contributed by atoms with E-state index in [2.05, 4.69) is 16.0 Å². The standard InChI is InChI=1S/C17H17ClN4O/c18-15-11-20-17(21-8-4-1-5-9-21)22(16(15)23)12-14-7-3-2-6-13(14)10-19/h2-3,6-7,11H,1,4-5,8-9,12H2. The van der Waals surface area contributed by atoms with E-state index in [4.69, 9.17) is 11.6 Å². The molecule has 1 fully saturated rings. The Morgan fingerprint density at radius 1 is 1.22 bits per heavy atom. The van der Waals surface area contributed by atoms with Crippen molar-refractivity contribution >= 4 is 17.5 Å². The normalized spacial score (nSPS) is 14.5. The predicted octanol–water partition coefficient (Wildman–Crippen LogP) is 2.81. The lowest BCUT2D eigenvalue weighted by atomic mass is 10.1. The zero-order valence-corrected chi connectivity index (χ0v) is 13.5. The summed E-state index contributed by atoms with van der Waals surface area (Å²) in [4.78, 5) is 19.0. The predicted molar refractivity (Wildman–Crippen MR) is 89.8 cm³/mol. The number of aromatic nitrogens is 2. The summed E-state index contributed by atoms with van der Waals surface area (Å²) in [6.45, 7) is 2.06. The molecule has 1 aromatic carbocycles. The molecule has 1 aliphatic rings. The van der Waals surface area contributed by atoms with Gasteiger partial charge in [-0.2, -0.15) is 5.26 Å². The second-order valence-electron chi connectivity index (χ2n) is 5.61. The van der Waals surface area contributed by atoms with Crippen molar-refractivity contribution in [3.63, 3.8) is 0 Å². The number of anilines is 1. The molecule has 23 heavy (non-hydrogen) atoms. The number of piperidine rings is 1. The summed E-state index contributed by atoms with van der Waals surface area (Å²) in [5, 5.41) is 9.35. The van der Waals surface area contributed by atoms with Gasteiger partial charge < -0.3 is 4.90 Å². The van der Waals surface area contributed by atoms with Crippen LogP contribution in [0.3, 0.4) is 0 Å². The van der Waals surface area contributed by atoms with Gasteiger partial charge in [0.05, 0.1) is 24.4 Å². The SMILES string of the molecule is N#Cc1ccccc1Cn1c(N2CCCCC2)ncc(Cl)c1=O. The van der Waals surface area contributed by atoms with Crippen molar-refractivity contribution in [3.05, 3.63) is 57.0 Å². The minimum Gasteiger partial charge on any atom is -0.342 e. The summed E-state index contributed by atoms with van der Waals surface area (Å²) >= 11 is 5.99. The lowest BCUT2D eigenvalue weighted by molar-refractivity contribution is 0.551. The molecule has 0 aliphatic carbocycles. The van der Waals surface area contributed by atoms with Gasteiger partial charge in [-0.1, -0.05) is 29.8 Å². The molecule has 1 aliphatic heterocycles. The van der Waals surface area contributed by atoms with Gasteiger partial charge in [0.2, 0.25) is 5.95 Å². The van der Waals surface area contributed by atoms with E-state index in [0.717, 1.165) is 31.5 Å². The molecule has 0 saturated carbocycles. The van der Waals surface area contributed by atoms with Crippen molar-refractivity contribution < 1.29 is 0 Å². The van der Waals surface area contributed by atoms with Crippen LogP contribution in [0.1, 0.15) is 30.4 Å². The molecule has 0 bridgehead atoms. The Labute approximate surface area is 139 Å². The lowest BCUT2D eigenvalue weighted by Crippen LogP contribution is -2.36. The van der Waals surface area contributed by atoms with E-state index < -0.39 is 0 Å². The molecular formula is C17H17ClN4O. The number of halogens is 1. The first-order valence-corrected chi connectivity index (χ1v) is 8.07. The van der Waals surface area contributed by atoms with E-state index in [1.54, 1.807) is 10.6 Å². The zero-order chi connectivity index (χ0) is 16.2. The number of rotatable bonds is 3. The average molecular weight is 329 g/mol. The molecular weight excluding hydrogens is 312 g/mol. The molecule has 1 saturated heterocycles. The molecule has 0 unspecified atom stereocenters. The second kappa shape index (κ2) is 6.84. The minimum atomic E-state index is -0.269. The van der Waals surface area contributed by atoms with Gasteiger partial charge in [-0.25, -0.2) is 4.98 Å². The van der Waals surface area contributed by atoms with Crippen molar-refractivity contribution in [3.8, 4) is 6.07 Å². The van der Waals surface area contributed by atoms with Gasteiger partial charge in [-0.15, -0.1) is 0 Å². The van der Waals surface area contributed by atoms with Crippen molar-refractivity contribution in [1.29, 1.82) is 5.26 Å². The Kier molecular flexibility index (Phi) is 4.63. The first-order valence-electron chi connectivity index (χ1n) is 7.69. The molecule has 5 nitrogen and oxygen atoms in total. The first kappa shape index (κ1) is 15.6. The number of nitrogens with zero attached hydrogens (tertiary/aromatic N) is 4. The van der Waals surface area contributed by atoms with E-state index in [1.807, 2.05) is 18.2 Å². The Bertz CT molecular complexity index is 803. The van der Waals surface area contributed by atoms with E-state index in [9.17, 15) is 10.1 Å². The average Bonchev–Trinajstić information content (AvgIpc) is 2.60. The fourth-order valence-electron chi connectivity index (χ4n) is 2.89. The van der Waals surface area contributed by atoms with Crippen LogP contribution in [-0.4, -0.2) is 22.6 Å². The quantitative estimate of drug-likeness (QED) is 0.869. The van der Waals surface area contributed by atoms with Gasteiger partial charge >= 0.3 is 0 Å². The molecule has 118 valence electrons. The largest absolute Gasteiger partial charge is 0.342 e. The molecule has 2 heterocycles. The van der Waals surface area contributed by atoms with Gasteiger partial charge in [0.15, 0.2) is 0 Å².